The summed E-state index contributed by atoms with van der Waals surface area (Å²) < 4.78 is 5.34. The molecule has 0 bridgehead atoms. The van der Waals surface area contributed by atoms with Crippen molar-refractivity contribution in [2.45, 2.75) is 19.7 Å². The number of fused-ring (bicyclic) bond motifs is 6. The number of imide groups is 1. The van der Waals surface area contributed by atoms with Gasteiger partial charge in [0.1, 0.15) is 15.9 Å². The van der Waals surface area contributed by atoms with Crippen LogP contribution in [0.25, 0.3) is 10.2 Å². The second-order valence-corrected chi connectivity index (χ2v) is 7.46. The number of ether oxygens (including phenoxy) is 1. The Labute approximate surface area is 153 Å². The van der Waals surface area contributed by atoms with E-state index in [-0.39, 0.29) is 11.8 Å². The molecule has 0 saturated heterocycles. The maximum Gasteiger partial charge on any atom is 0.275 e. The summed E-state index contributed by atoms with van der Waals surface area (Å²) in [6.07, 6.45) is -0.479. The van der Waals surface area contributed by atoms with Crippen LogP contribution in [0.5, 0.6) is 0 Å². The molecule has 0 aliphatic carbocycles. The van der Waals surface area contributed by atoms with E-state index < -0.39 is 6.17 Å². The topological polar surface area (TPSA) is 71.5 Å². The minimum Gasteiger partial charge on any atom is -0.380 e. The molecule has 0 spiro atoms. The van der Waals surface area contributed by atoms with Crippen molar-refractivity contribution in [2.24, 2.45) is 0 Å². The van der Waals surface area contributed by atoms with Crippen molar-refractivity contribution in [3.63, 3.8) is 0 Å². The van der Waals surface area contributed by atoms with Crippen LogP contribution in [0.4, 0.5) is 5.69 Å². The summed E-state index contributed by atoms with van der Waals surface area (Å²) in [4.78, 5) is 33.0. The third-order valence-corrected chi connectivity index (χ3v) is 5.90. The zero-order valence-corrected chi connectivity index (χ0v) is 15.0. The van der Waals surface area contributed by atoms with Crippen LogP contribution in [-0.2, 0) is 11.3 Å². The molecule has 0 unspecified atom stereocenters. The number of nitrogens with zero attached hydrogens (tertiary/aromatic N) is 2. The van der Waals surface area contributed by atoms with Crippen LogP contribution >= 0.6 is 11.3 Å². The Kier molecular flexibility index (Phi) is 3.19. The molecule has 2 aliphatic heterocycles. The van der Waals surface area contributed by atoms with E-state index in [1.165, 1.54) is 16.2 Å². The number of methoxy groups -OCH3 is 1. The smallest absolute Gasteiger partial charge is 0.275 e. The fourth-order valence-corrected chi connectivity index (χ4v) is 4.95. The predicted octanol–water partition coefficient (Wildman–Crippen LogP) is 3.47. The number of amides is 2. The Morgan fingerprint density at radius 3 is 2.88 bits per heavy atom. The van der Waals surface area contributed by atoms with Gasteiger partial charge in [0.25, 0.3) is 11.8 Å². The van der Waals surface area contributed by atoms with Crippen molar-refractivity contribution in [2.75, 3.05) is 12.4 Å². The Morgan fingerprint density at radius 2 is 2.08 bits per heavy atom. The van der Waals surface area contributed by atoms with Crippen LogP contribution in [-0.4, -0.2) is 28.8 Å². The molecule has 0 saturated carbocycles. The van der Waals surface area contributed by atoms with E-state index in [0.717, 1.165) is 32.7 Å². The average molecular weight is 365 g/mol. The van der Waals surface area contributed by atoms with Gasteiger partial charge in [0.15, 0.2) is 0 Å². The highest BCUT2D eigenvalue weighted by Crippen LogP contribution is 2.47. The van der Waals surface area contributed by atoms with Crippen LogP contribution in [0.1, 0.15) is 43.0 Å². The number of carbonyl (C=O) groups excluding carboxylic acids is 2. The van der Waals surface area contributed by atoms with Gasteiger partial charge in [-0.2, -0.15) is 0 Å². The van der Waals surface area contributed by atoms with E-state index in [4.69, 9.17) is 4.74 Å². The lowest BCUT2D eigenvalue weighted by molar-refractivity contribution is 0.0589. The third-order valence-electron chi connectivity index (χ3n) is 4.83. The first-order valence-electron chi connectivity index (χ1n) is 8.25. The van der Waals surface area contributed by atoms with Crippen LogP contribution in [0.2, 0.25) is 0 Å². The van der Waals surface area contributed by atoms with Crippen molar-refractivity contribution in [3.05, 3.63) is 57.6 Å². The predicted molar refractivity (Wildman–Crippen MR) is 98.4 cm³/mol. The average Bonchev–Trinajstić information content (AvgIpc) is 3.13. The van der Waals surface area contributed by atoms with Gasteiger partial charge in [0.05, 0.1) is 12.3 Å². The molecule has 1 N–H and O–H groups in total. The first-order valence-corrected chi connectivity index (χ1v) is 9.07. The number of hydrogen-bond donors (Lipinski definition) is 1. The molecular weight excluding hydrogens is 350 g/mol. The van der Waals surface area contributed by atoms with Gasteiger partial charge < -0.3 is 10.1 Å². The lowest BCUT2D eigenvalue weighted by Gasteiger charge is -2.30. The largest absolute Gasteiger partial charge is 0.380 e. The van der Waals surface area contributed by atoms with Crippen molar-refractivity contribution in [1.29, 1.82) is 0 Å². The summed E-state index contributed by atoms with van der Waals surface area (Å²) in [6, 6.07) is 9.32. The van der Waals surface area contributed by atoms with E-state index in [1.54, 1.807) is 13.2 Å². The Morgan fingerprint density at radius 1 is 1.27 bits per heavy atom. The summed E-state index contributed by atoms with van der Waals surface area (Å²) in [5.74, 6) is -0.526. The maximum absolute atomic E-state index is 13.1. The second kappa shape index (κ2) is 5.36. The minimum atomic E-state index is -0.479. The number of aryl methyl sites for hydroxylation is 1. The summed E-state index contributed by atoms with van der Waals surface area (Å²) in [7, 11) is 1.65. The highest BCUT2D eigenvalue weighted by Gasteiger charge is 2.46. The van der Waals surface area contributed by atoms with Crippen LogP contribution in [0, 0.1) is 6.92 Å². The number of anilines is 1. The standard InChI is InChI=1S/C19H15N3O3S/c1-9-7-10(8-25-2)13-14-15(26-17(13)20-9)19(24)22-16(21-14)11-5-3-4-6-12(11)18(22)23/h3-7,16,21H,8H2,1-2H3/t16-/m0/s1. The Hall–Kier alpha value is -2.77. The van der Waals surface area contributed by atoms with Crippen LogP contribution < -0.4 is 5.32 Å². The summed E-state index contributed by atoms with van der Waals surface area (Å²) >= 11 is 1.32. The summed E-state index contributed by atoms with van der Waals surface area (Å²) in [5, 5.41) is 4.32. The maximum atomic E-state index is 13.1. The molecule has 0 fully saturated rings. The van der Waals surface area contributed by atoms with Crippen molar-refractivity contribution in [1.82, 2.24) is 9.88 Å². The van der Waals surface area contributed by atoms with Gasteiger partial charge in [-0.15, -0.1) is 11.3 Å². The fraction of sp³-hybridized carbons (Fsp3) is 0.211. The van der Waals surface area contributed by atoms with Crippen molar-refractivity contribution >= 4 is 39.1 Å². The number of rotatable bonds is 2. The number of benzene rings is 1. The van der Waals surface area contributed by atoms with Gasteiger partial charge in [-0.1, -0.05) is 18.2 Å². The summed E-state index contributed by atoms with van der Waals surface area (Å²) in [5.41, 5.74) is 4.00. The van der Waals surface area contributed by atoms with E-state index in [9.17, 15) is 9.59 Å². The molecule has 5 rings (SSSR count). The number of carbonyl (C=O) groups is 2. The molecule has 3 aromatic rings. The van der Waals surface area contributed by atoms with Gasteiger partial charge in [0, 0.05) is 29.3 Å². The normalized spacial score (nSPS) is 17.9. The van der Waals surface area contributed by atoms with Gasteiger partial charge in [-0.05, 0) is 24.6 Å². The van der Waals surface area contributed by atoms with E-state index in [0.29, 0.717) is 17.0 Å². The highest BCUT2D eigenvalue weighted by atomic mass is 32.1. The SMILES string of the molecule is COCc1cc(C)nc2sc3c(c12)N[C@@H]1c2ccccc2C(=O)N1C3=O. The lowest BCUT2D eigenvalue weighted by Crippen LogP contribution is -2.41. The number of aromatic nitrogens is 1. The monoisotopic (exact) mass is 365 g/mol. The zero-order chi connectivity index (χ0) is 18.0. The summed E-state index contributed by atoms with van der Waals surface area (Å²) in [6.45, 7) is 2.35. The second-order valence-electron chi connectivity index (χ2n) is 6.46. The molecule has 1 aromatic carbocycles. The molecule has 2 aromatic heterocycles. The molecule has 130 valence electrons. The number of pyridine rings is 1. The van der Waals surface area contributed by atoms with Crippen LogP contribution in [0.3, 0.4) is 0 Å². The number of hydrogen-bond acceptors (Lipinski definition) is 6. The van der Waals surface area contributed by atoms with Crippen molar-refractivity contribution in [3.8, 4) is 0 Å². The Bertz CT molecular complexity index is 1100. The highest BCUT2D eigenvalue weighted by molar-refractivity contribution is 7.21. The molecule has 6 nitrogen and oxygen atoms in total. The first kappa shape index (κ1) is 15.5. The molecule has 0 radical (unpaired) electrons. The van der Waals surface area contributed by atoms with Gasteiger partial charge in [-0.3, -0.25) is 9.59 Å². The molecular formula is C19H15N3O3S. The lowest BCUT2D eigenvalue weighted by atomic mass is 10.1. The molecule has 7 heteroatoms. The van der Waals surface area contributed by atoms with Gasteiger partial charge >= 0.3 is 0 Å². The molecule has 26 heavy (non-hydrogen) atoms. The molecule has 2 aliphatic rings. The first-order chi connectivity index (χ1) is 12.6. The fourth-order valence-electron chi connectivity index (χ4n) is 3.78. The van der Waals surface area contributed by atoms with E-state index in [2.05, 4.69) is 10.3 Å². The molecule has 2 amide bonds. The van der Waals surface area contributed by atoms with Gasteiger partial charge in [0.2, 0.25) is 0 Å². The number of thiophene rings is 1. The van der Waals surface area contributed by atoms with Crippen LogP contribution in [0.15, 0.2) is 30.3 Å². The van der Waals surface area contributed by atoms with E-state index >= 15 is 0 Å². The van der Waals surface area contributed by atoms with E-state index in [1.807, 2.05) is 31.2 Å². The Balaban J connectivity index is 1.75. The zero-order valence-electron chi connectivity index (χ0n) is 14.2. The minimum absolute atomic E-state index is 0.257. The van der Waals surface area contributed by atoms with Crippen molar-refractivity contribution < 1.29 is 14.3 Å². The third kappa shape index (κ3) is 1.92. The molecule has 1 atom stereocenters. The quantitative estimate of drug-likeness (QED) is 0.704. The molecule has 4 heterocycles. The number of nitrogens with one attached hydrogen (secondary N) is 1. The van der Waals surface area contributed by atoms with Gasteiger partial charge in [-0.25, -0.2) is 9.88 Å².